The van der Waals surface area contributed by atoms with Crippen molar-refractivity contribution in [3.8, 4) is 5.75 Å². The fourth-order valence-electron chi connectivity index (χ4n) is 2.57. The smallest absolute Gasteiger partial charge is 0.259 e. The number of ether oxygens (including phenoxy) is 1. The van der Waals surface area contributed by atoms with Crippen LogP contribution in [0.2, 0.25) is 5.02 Å². The molecule has 0 unspecified atom stereocenters. The second-order valence-electron chi connectivity index (χ2n) is 6.23. The van der Waals surface area contributed by atoms with E-state index in [4.69, 9.17) is 16.3 Å². The van der Waals surface area contributed by atoms with Crippen molar-refractivity contribution in [1.29, 1.82) is 0 Å². The van der Waals surface area contributed by atoms with Crippen molar-refractivity contribution in [3.05, 3.63) is 64.7 Å². The first kappa shape index (κ1) is 18.8. The highest BCUT2D eigenvalue weighted by Gasteiger charge is 2.25. The van der Waals surface area contributed by atoms with Crippen molar-refractivity contribution in [2.75, 3.05) is 13.1 Å². The molecule has 1 aliphatic rings. The molecule has 0 aliphatic carbocycles. The van der Waals surface area contributed by atoms with E-state index in [2.05, 4.69) is 4.99 Å². The van der Waals surface area contributed by atoms with Crippen LogP contribution in [0.4, 0.5) is 0 Å². The number of rotatable bonds is 5. The number of hydrogen-bond donors (Lipinski definition) is 0. The van der Waals surface area contributed by atoms with Crippen molar-refractivity contribution in [3.63, 3.8) is 0 Å². The average molecular weight is 389 g/mol. The predicted molar refractivity (Wildman–Crippen MR) is 108 cm³/mol. The van der Waals surface area contributed by atoms with E-state index in [9.17, 15) is 4.79 Å². The van der Waals surface area contributed by atoms with Crippen molar-refractivity contribution >= 4 is 34.4 Å². The highest BCUT2D eigenvalue weighted by molar-refractivity contribution is 8.13. The van der Waals surface area contributed by atoms with Gasteiger partial charge in [0.25, 0.3) is 5.91 Å². The normalized spacial score (nSPS) is 13.8. The maximum atomic E-state index is 12.8. The summed E-state index contributed by atoms with van der Waals surface area (Å²) >= 11 is 7.49. The van der Waals surface area contributed by atoms with Crippen molar-refractivity contribution in [2.45, 2.75) is 25.7 Å². The third-order valence-corrected chi connectivity index (χ3v) is 5.14. The van der Waals surface area contributed by atoms with Gasteiger partial charge < -0.3 is 4.74 Å². The van der Waals surface area contributed by atoms with Crippen LogP contribution in [0.1, 0.15) is 29.8 Å². The van der Waals surface area contributed by atoms with Gasteiger partial charge in [-0.1, -0.05) is 35.5 Å². The second kappa shape index (κ2) is 8.60. The van der Waals surface area contributed by atoms with Crippen LogP contribution in [0.15, 0.2) is 53.5 Å². The number of carbonyl (C=O) groups excluding carboxylic acids is 1. The van der Waals surface area contributed by atoms with Crippen LogP contribution in [0.25, 0.3) is 0 Å². The van der Waals surface area contributed by atoms with Gasteiger partial charge in [0.05, 0.1) is 12.6 Å². The Balaban J connectivity index is 1.63. The molecule has 136 valence electrons. The molecule has 0 N–H and O–H groups in total. The van der Waals surface area contributed by atoms with Crippen LogP contribution in [-0.2, 0) is 5.75 Å². The molecule has 1 heterocycles. The third kappa shape index (κ3) is 4.80. The molecule has 1 amide bonds. The van der Waals surface area contributed by atoms with Crippen LogP contribution in [-0.4, -0.2) is 35.2 Å². The standard InChI is InChI=1S/C20H21ClN2O2S/c1-14(2)25-18-9-5-16(6-10-18)19(24)23-12-11-22-20(23)26-13-15-3-7-17(21)8-4-15/h3-10,14H,11-13H2,1-2H3. The van der Waals surface area contributed by atoms with Crippen LogP contribution < -0.4 is 4.74 Å². The van der Waals surface area contributed by atoms with E-state index < -0.39 is 0 Å². The van der Waals surface area contributed by atoms with Crippen LogP contribution >= 0.6 is 23.4 Å². The maximum absolute atomic E-state index is 12.8. The molecule has 0 saturated carbocycles. The lowest BCUT2D eigenvalue weighted by Crippen LogP contribution is -2.32. The Morgan fingerprint density at radius 3 is 2.54 bits per heavy atom. The molecule has 0 spiro atoms. The van der Waals surface area contributed by atoms with E-state index in [0.29, 0.717) is 18.7 Å². The summed E-state index contributed by atoms with van der Waals surface area (Å²) in [5.74, 6) is 1.49. The molecule has 3 rings (SSSR count). The highest BCUT2D eigenvalue weighted by atomic mass is 35.5. The minimum absolute atomic E-state index is 0.0269. The van der Waals surface area contributed by atoms with Gasteiger partial charge in [-0.05, 0) is 55.8 Å². The summed E-state index contributed by atoms with van der Waals surface area (Å²) in [7, 11) is 0. The van der Waals surface area contributed by atoms with Gasteiger partial charge in [-0.2, -0.15) is 0 Å². The monoisotopic (exact) mass is 388 g/mol. The molecule has 0 aromatic heterocycles. The van der Waals surface area contributed by atoms with Gasteiger partial charge in [-0.15, -0.1) is 0 Å². The van der Waals surface area contributed by atoms with Gasteiger partial charge in [-0.3, -0.25) is 14.7 Å². The molecule has 0 atom stereocenters. The zero-order valence-electron chi connectivity index (χ0n) is 14.8. The Kier molecular flexibility index (Phi) is 6.22. The SMILES string of the molecule is CC(C)Oc1ccc(C(=O)N2CCN=C2SCc2ccc(Cl)cc2)cc1. The molecule has 4 nitrogen and oxygen atoms in total. The van der Waals surface area contributed by atoms with Crippen molar-refractivity contribution in [2.24, 2.45) is 4.99 Å². The third-order valence-electron chi connectivity index (χ3n) is 3.80. The minimum Gasteiger partial charge on any atom is -0.491 e. The first-order valence-electron chi connectivity index (χ1n) is 8.53. The number of amidine groups is 1. The number of hydrogen-bond acceptors (Lipinski definition) is 4. The van der Waals surface area contributed by atoms with Crippen molar-refractivity contribution < 1.29 is 9.53 Å². The lowest BCUT2D eigenvalue weighted by molar-refractivity contribution is 0.0860. The molecular formula is C20H21ClN2O2S. The Bertz CT molecular complexity index is 788. The van der Waals surface area contributed by atoms with Gasteiger partial charge in [0, 0.05) is 22.9 Å². The molecule has 26 heavy (non-hydrogen) atoms. The van der Waals surface area contributed by atoms with E-state index in [1.807, 2.05) is 50.2 Å². The van der Waals surface area contributed by atoms with Crippen molar-refractivity contribution in [1.82, 2.24) is 4.90 Å². The van der Waals surface area contributed by atoms with Crippen LogP contribution in [0.5, 0.6) is 5.75 Å². The van der Waals surface area contributed by atoms with E-state index in [1.54, 1.807) is 28.8 Å². The Labute approximate surface area is 163 Å². The number of carbonyl (C=O) groups is 1. The summed E-state index contributed by atoms with van der Waals surface area (Å²) in [6.07, 6.45) is 0.109. The molecule has 0 fully saturated rings. The molecule has 1 aliphatic heterocycles. The Morgan fingerprint density at radius 2 is 1.88 bits per heavy atom. The zero-order valence-corrected chi connectivity index (χ0v) is 16.4. The lowest BCUT2D eigenvalue weighted by atomic mass is 10.2. The lowest BCUT2D eigenvalue weighted by Gasteiger charge is -2.18. The number of aliphatic imine (C=N–C) groups is 1. The van der Waals surface area contributed by atoms with Gasteiger partial charge in [0.2, 0.25) is 0 Å². The van der Waals surface area contributed by atoms with E-state index in [1.165, 1.54) is 0 Å². The topological polar surface area (TPSA) is 41.9 Å². The zero-order chi connectivity index (χ0) is 18.5. The highest BCUT2D eigenvalue weighted by Crippen LogP contribution is 2.23. The maximum Gasteiger partial charge on any atom is 0.259 e. The van der Waals surface area contributed by atoms with Gasteiger partial charge in [0.1, 0.15) is 5.75 Å². The number of nitrogens with zero attached hydrogens (tertiary/aromatic N) is 2. The first-order chi connectivity index (χ1) is 12.5. The summed E-state index contributed by atoms with van der Waals surface area (Å²) < 4.78 is 5.63. The quantitative estimate of drug-likeness (QED) is 0.733. The number of benzene rings is 2. The molecule has 2 aromatic rings. The average Bonchev–Trinajstić information content (AvgIpc) is 3.09. The molecular weight excluding hydrogens is 368 g/mol. The van der Waals surface area contributed by atoms with Gasteiger partial charge in [-0.25, -0.2) is 0 Å². The summed E-state index contributed by atoms with van der Waals surface area (Å²) in [5.41, 5.74) is 1.79. The summed E-state index contributed by atoms with van der Waals surface area (Å²) in [4.78, 5) is 19.1. The van der Waals surface area contributed by atoms with E-state index >= 15 is 0 Å². The molecule has 0 bridgehead atoms. The predicted octanol–water partition coefficient (Wildman–Crippen LogP) is 4.87. The molecule has 6 heteroatoms. The molecule has 0 saturated heterocycles. The summed E-state index contributed by atoms with van der Waals surface area (Å²) in [6, 6.07) is 15.0. The molecule has 0 radical (unpaired) electrons. The van der Waals surface area contributed by atoms with E-state index in [0.717, 1.165) is 27.3 Å². The van der Waals surface area contributed by atoms with Crippen LogP contribution in [0, 0.1) is 0 Å². The summed E-state index contributed by atoms with van der Waals surface area (Å²) in [6.45, 7) is 5.21. The largest absolute Gasteiger partial charge is 0.491 e. The molecule has 2 aromatic carbocycles. The fourth-order valence-corrected chi connectivity index (χ4v) is 3.70. The van der Waals surface area contributed by atoms with Gasteiger partial charge in [0.15, 0.2) is 5.17 Å². The number of thioether (sulfide) groups is 1. The Morgan fingerprint density at radius 1 is 1.19 bits per heavy atom. The first-order valence-corrected chi connectivity index (χ1v) is 9.89. The van der Waals surface area contributed by atoms with Gasteiger partial charge >= 0.3 is 0 Å². The van der Waals surface area contributed by atoms with Crippen LogP contribution in [0.3, 0.4) is 0 Å². The number of amides is 1. The second-order valence-corrected chi connectivity index (χ2v) is 7.61. The summed E-state index contributed by atoms with van der Waals surface area (Å²) in [5, 5.41) is 1.49. The minimum atomic E-state index is -0.0269. The van der Waals surface area contributed by atoms with E-state index in [-0.39, 0.29) is 12.0 Å². The Hall–Kier alpha value is -1.98. The fraction of sp³-hybridized carbons (Fsp3) is 0.300. The number of halogens is 1.